The molecule has 0 radical (unpaired) electrons. The van der Waals surface area contributed by atoms with Gasteiger partial charge in [-0.2, -0.15) is 4.98 Å². The van der Waals surface area contributed by atoms with Gasteiger partial charge in [0.05, 0.1) is 0 Å². The maximum Gasteiger partial charge on any atom is 0.224 e. The molecular weight excluding hydrogens is 248 g/mol. The zero-order chi connectivity index (χ0) is 14.8. The number of rotatable bonds is 10. The minimum atomic E-state index is 0.458. The summed E-state index contributed by atoms with van der Waals surface area (Å²) >= 11 is 0. The fraction of sp³-hybridized carbons (Fsp3) is 0.750. The number of aromatic nitrogens is 2. The molecule has 1 rings (SSSR count). The molecule has 0 aliphatic carbocycles. The normalized spacial score (nSPS) is 12.2. The van der Waals surface area contributed by atoms with Crippen LogP contribution < -0.4 is 10.6 Å². The molecule has 0 saturated carbocycles. The maximum atomic E-state index is 4.56. The van der Waals surface area contributed by atoms with Crippen molar-refractivity contribution in [1.82, 2.24) is 9.97 Å². The van der Waals surface area contributed by atoms with Crippen LogP contribution >= 0.6 is 0 Å². The molecule has 20 heavy (non-hydrogen) atoms. The summed E-state index contributed by atoms with van der Waals surface area (Å²) in [6.45, 7) is 9.58. The van der Waals surface area contributed by atoms with Gasteiger partial charge in [-0.15, -0.1) is 0 Å². The largest absolute Gasteiger partial charge is 0.367 e. The third-order valence-electron chi connectivity index (χ3n) is 3.38. The van der Waals surface area contributed by atoms with E-state index in [4.69, 9.17) is 0 Å². The van der Waals surface area contributed by atoms with E-state index in [2.05, 4.69) is 48.3 Å². The number of unbranched alkanes of at least 4 members (excludes halogenated alkanes) is 3. The molecule has 1 aromatic heterocycles. The van der Waals surface area contributed by atoms with Gasteiger partial charge in [0.2, 0.25) is 5.95 Å². The molecule has 1 atom stereocenters. The van der Waals surface area contributed by atoms with Crippen LogP contribution in [0, 0.1) is 6.92 Å². The summed E-state index contributed by atoms with van der Waals surface area (Å²) in [6.07, 6.45) is 9.40. The average molecular weight is 278 g/mol. The third kappa shape index (κ3) is 6.22. The highest BCUT2D eigenvalue weighted by Crippen LogP contribution is 2.16. The van der Waals surface area contributed by atoms with Crippen molar-refractivity contribution in [3.05, 3.63) is 11.8 Å². The lowest BCUT2D eigenvalue weighted by molar-refractivity contribution is 0.592. The molecule has 1 unspecified atom stereocenters. The molecule has 0 spiro atoms. The zero-order valence-corrected chi connectivity index (χ0v) is 13.5. The van der Waals surface area contributed by atoms with Gasteiger partial charge in [-0.05, 0) is 26.7 Å². The highest BCUT2D eigenvalue weighted by Gasteiger charge is 2.07. The standard InChI is InChI=1S/C16H30N4/c1-5-7-8-9-10-14(4)19-15-13(3)12-18-16(20-15)17-11-6-2/h12,14H,5-11H2,1-4H3,(H2,17,18,19,20). The summed E-state index contributed by atoms with van der Waals surface area (Å²) in [4.78, 5) is 8.87. The van der Waals surface area contributed by atoms with Crippen molar-refractivity contribution in [2.24, 2.45) is 0 Å². The number of nitrogens with one attached hydrogen (secondary N) is 2. The van der Waals surface area contributed by atoms with E-state index < -0.39 is 0 Å². The molecule has 2 N–H and O–H groups in total. The van der Waals surface area contributed by atoms with Crippen LogP contribution in [0.15, 0.2) is 6.20 Å². The Morgan fingerprint density at radius 1 is 1.15 bits per heavy atom. The molecule has 4 heteroatoms. The molecule has 0 aliphatic rings. The molecule has 4 nitrogen and oxygen atoms in total. The van der Waals surface area contributed by atoms with Crippen molar-refractivity contribution in [1.29, 1.82) is 0 Å². The van der Waals surface area contributed by atoms with Gasteiger partial charge in [-0.3, -0.25) is 0 Å². The van der Waals surface area contributed by atoms with Gasteiger partial charge in [0.25, 0.3) is 0 Å². The Balaban J connectivity index is 2.48. The van der Waals surface area contributed by atoms with E-state index in [0.29, 0.717) is 6.04 Å². The van der Waals surface area contributed by atoms with Crippen LogP contribution in [0.25, 0.3) is 0 Å². The van der Waals surface area contributed by atoms with Crippen LogP contribution in [0.1, 0.15) is 64.9 Å². The molecule has 0 bridgehead atoms. The van der Waals surface area contributed by atoms with E-state index in [-0.39, 0.29) is 0 Å². The van der Waals surface area contributed by atoms with Crippen molar-refractivity contribution in [3.8, 4) is 0 Å². The molecule has 0 amide bonds. The first-order valence-corrected chi connectivity index (χ1v) is 8.01. The minimum Gasteiger partial charge on any atom is -0.367 e. The van der Waals surface area contributed by atoms with Crippen LogP contribution in [-0.2, 0) is 0 Å². The Kier molecular flexibility index (Phi) is 8.00. The van der Waals surface area contributed by atoms with E-state index >= 15 is 0 Å². The molecule has 0 fully saturated rings. The fourth-order valence-corrected chi connectivity index (χ4v) is 2.09. The van der Waals surface area contributed by atoms with Crippen molar-refractivity contribution in [3.63, 3.8) is 0 Å². The van der Waals surface area contributed by atoms with Crippen LogP contribution in [0.5, 0.6) is 0 Å². The van der Waals surface area contributed by atoms with Crippen molar-refractivity contribution >= 4 is 11.8 Å². The summed E-state index contributed by atoms with van der Waals surface area (Å²) in [7, 11) is 0. The molecule has 0 aliphatic heterocycles. The first kappa shape index (κ1) is 16.7. The van der Waals surface area contributed by atoms with Gasteiger partial charge in [0.1, 0.15) is 5.82 Å². The molecule has 1 aromatic rings. The van der Waals surface area contributed by atoms with Gasteiger partial charge in [0.15, 0.2) is 0 Å². The lowest BCUT2D eigenvalue weighted by atomic mass is 10.1. The first-order valence-electron chi connectivity index (χ1n) is 8.01. The number of hydrogen-bond acceptors (Lipinski definition) is 4. The second-order valence-corrected chi connectivity index (χ2v) is 5.55. The second kappa shape index (κ2) is 9.56. The number of aryl methyl sites for hydroxylation is 1. The summed E-state index contributed by atoms with van der Waals surface area (Å²) in [5.74, 6) is 1.68. The zero-order valence-electron chi connectivity index (χ0n) is 13.5. The number of nitrogens with zero attached hydrogens (tertiary/aromatic N) is 2. The summed E-state index contributed by atoms with van der Waals surface area (Å²) in [5, 5.41) is 6.75. The molecule has 0 aromatic carbocycles. The minimum absolute atomic E-state index is 0.458. The lowest BCUT2D eigenvalue weighted by Crippen LogP contribution is -2.17. The van der Waals surface area contributed by atoms with E-state index in [1.54, 1.807) is 0 Å². The Labute approximate surface area is 123 Å². The van der Waals surface area contributed by atoms with Gasteiger partial charge >= 0.3 is 0 Å². The quantitative estimate of drug-likeness (QED) is 0.624. The topological polar surface area (TPSA) is 49.8 Å². The summed E-state index contributed by atoms with van der Waals surface area (Å²) < 4.78 is 0. The Bertz CT molecular complexity index is 379. The highest BCUT2D eigenvalue weighted by atomic mass is 15.1. The van der Waals surface area contributed by atoms with Crippen LogP contribution in [0.2, 0.25) is 0 Å². The van der Waals surface area contributed by atoms with E-state index in [1.807, 2.05) is 6.20 Å². The van der Waals surface area contributed by atoms with Gasteiger partial charge in [-0.1, -0.05) is 39.5 Å². The highest BCUT2D eigenvalue weighted by molar-refractivity contribution is 5.46. The Hall–Kier alpha value is -1.32. The maximum absolute atomic E-state index is 4.56. The van der Waals surface area contributed by atoms with Crippen molar-refractivity contribution in [2.45, 2.75) is 72.3 Å². The van der Waals surface area contributed by atoms with Gasteiger partial charge < -0.3 is 10.6 Å². The molecule has 0 saturated heterocycles. The first-order chi connectivity index (χ1) is 9.67. The van der Waals surface area contributed by atoms with E-state index in [1.165, 1.54) is 32.1 Å². The molecule has 1 heterocycles. The average Bonchev–Trinajstić information content (AvgIpc) is 2.44. The smallest absolute Gasteiger partial charge is 0.224 e. The van der Waals surface area contributed by atoms with Gasteiger partial charge in [-0.25, -0.2) is 4.98 Å². The second-order valence-electron chi connectivity index (χ2n) is 5.55. The van der Waals surface area contributed by atoms with Crippen molar-refractivity contribution < 1.29 is 0 Å². The van der Waals surface area contributed by atoms with Crippen LogP contribution in [0.4, 0.5) is 11.8 Å². The van der Waals surface area contributed by atoms with Crippen LogP contribution in [-0.4, -0.2) is 22.6 Å². The summed E-state index contributed by atoms with van der Waals surface area (Å²) in [6, 6.07) is 0.458. The Morgan fingerprint density at radius 3 is 2.65 bits per heavy atom. The monoisotopic (exact) mass is 278 g/mol. The van der Waals surface area contributed by atoms with Gasteiger partial charge in [0, 0.05) is 24.3 Å². The number of anilines is 2. The predicted molar refractivity (Wildman–Crippen MR) is 87.4 cm³/mol. The van der Waals surface area contributed by atoms with Crippen molar-refractivity contribution in [2.75, 3.05) is 17.2 Å². The molecular formula is C16H30N4. The van der Waals surface area contributed by atoms with E-state index in [0.717, 1.165) is 30.3 Å². The van der Waals surface area contributed by atoms with E-state index in [9.17, 15) is 0 Å². The predicted octanol–water partition coefficient (Wildman–Crippen LogP) is 4.38. The summed E-state index contributed by atoms with van der Waals surface area (Å²) in [5.41, 5.74) is 1.10. The lowest BCUT2D eigenvalue weighted by Gasteiger charge is -2.16. The third-order valence-corrected chi connectivity index (χ3v) is 3.38. The molecule has 114 valence electrons. The Morgan fingerprint density at radius 2 is 1.95 bits per heavy atom. The fourth-order valence-electron chi connectivity index (χ4n) is 2.09. The van der Waals surface area contributed by atoms with Crippen LogP contribution in [0.3, 0.4) is 0 Å². The number of hydrogen-bond donors (Lipinski definition) is 2. The SMILES string of the molecule is CCCCCCC(C)Nc1nc(NCCC)ncc1C.